The Labute approximate surface area is 203 Å². The molecule has 0 atom stereocenters. The van der Waals surface area contributed by atoms with E-state index in [1.807, 2.05) is 59.9 Å². The van der Waals surface area contributed by atoms with Crippen LogP contribution < -0.4 is 4.72 Å². The summed E-state index contributed by atoms with van der Waals surface area (Å²) in [6.07, 6.45) is 9.37. The van der Waals surface area contributed by atoms with Crippen molar-refractivity contribution in [3.8, 4) is 22.4 Å². The molecule has 0 spiro atoms. The van der Waals surface area contributed by atoms with Gasteiger partial charge in [0.15, 0.2) is 0 Å². The third-order valence-electron chi connectivity index (χ3n) is 5.35. The van der Waals surface area contributed by atoms with Crippen molar-refractivity contribution in [2.24, 2.45) is 0 Å². The molecule has 0 unspecified atom stereocenters. The Morgan fingerprint density at radius 3 is 2.62 bits per heavy atom. The number of benzene rings is 2. The summed E-state index contributed by atoms with van der Waals surface area (Å²) < 4.78 is 5.31. The number of hydrogen-bond acceptors (Lipinski definition) is 7. The second kappa shape index (κ2) is 10.0. The van der Waals surface area contributed by atoms with Crippen molar-refractivity contribution in [1.29, 1.82) is 0 Å². The van der Waals surface area contributed by atoms with Crippen molar-refractivity contribution in [1.82, 2.24) is 29.6 Å². The number of nitrogens with zero attached hydrogens (tertiary/aromatic N) is 6. The van der Waals surface area contributed by atoms with Crippen LogP contribution in [0.2, 0.25) is 0 Å². The van der Waals surface area contributed by atoms with E-state index in [0.29, 0.717) is 0 Å². The minimum Gasteiger partial charge on any atom is -0.324 e. The van der Waals surface area contributed by atoms with Gasteiger partial charge in [-0.15, -0.1) is 0 Å². The van der Waals surface area contributed by atoms with Crippen LogP contribution in [0.25, 0.3) is 33.4 Å². The monoisotopic (exact) mass is 467 g/mol. The largest absolute Gasteiger partial charge is 0.324 e. The van der Waals surface area contributed by atoms with E-state index in [1.54, 1.807) is 11.9 Å². The van der Waals surface area contributed by atoms with E-state index in [0.717, 1.165) is 57.1 Å². The van der Waals surface area contributed by atoms with E-state index < -0.39 is 0 Å². The molecule has 0 radical (unpaired) electrons. The molecule has 7 nitrogen and oxygen atoms in total. The van der Waals surface area contributed by atoms with Gasteiger partial charge < -0.3 is 9.62 Å². The van der Waals surface area contributed by atoms with Crippen molar-refractivity contribution < 1.29 is 0 Å². The Hall–Kier alpha value is -3.75. The molecule has 0 fully saturated rings. The smallest absolute Gasteiger partial charge is 0.0924 e. The van der Waals surface area contributed by atoms with E-state index >= 15 is 0 Å². The van der Waals surface area contributed by atoms with Crippen LogP contribution in [0.5, 0.6) is 0 Å². The molecule has 1 N–H and O–H groups in total. The number of pyridine rings is 1. The highest BCUT2D eigenvalue weighted by Gasteiger charge is 2.08. The van der Waals surface area contributed by atoms with Crippen molar-refractivity contribution in [2.75, 3.05) is 25.4 Å². The highest BCUT2D eigenvalue weighted by molar-refractivity contribution is 8.00. The Morgan fingerprint density at radius 2 is 1.76 bits per heavy atom. The SMILES string of the molecule is CN(C)CCn1cc(-c2cnc3ccc(-c4cncc(NSc5ccccc5)c4)cc3n2)cn1. The zero-order valence-corrected chi connectivity index (χ0v) is 19.9. The van der Waals surface area contributed by atoms with Crippen molar-refractivity contribution >= 4 is 28.7 Å². The van der Waals surface area contributed by atoms with E-state index in [9.17, 15) is 0 Å². The highest BCUT2D eigenvalue weighted by Crippen LogP contribution is 2.28. The van der Waals surface area contributed by atoms with Crippen LogP contribution >= 0.6 is 11.9 Å². The molecule has 2 aromatic carbocycles. The van der Waals surface area contributed by atoms with Crippen LogP contribution in [0.1, 0.15) is 0 Å². The van der Waals surface area contributed by atoms with Gasteiger partial charge in [-0.3, -0.25) is 14.6 Å². The van der Waals surface area contributed by atoms with Gasteiger partial charge in [0.05, 0.1) is 47.6 Å². The Bertz CT molecular complexity index is 1400. The van der Waals surface area contributed by atoms with E-state index in [-0.39, 0.29) is 0 Å². The summed E-state index contributed by atoms with van der Waals surface area (Å²) in [4.78, 5) is 17.2. The van der Waals surface area contributed by atoms with Gasteiger partial charge in [0.1, 0.15) is 0 Å². The third kappa shape index (κ3) is 5.24. The average molecular weight is 468 g/mol. The second-order valence-electron chi connectivity index (χ2n) is 8.23. The fourth-order valence-electron chi connectivity index (χ4n) is 3.51. The molecule has 8 heteroatoms. The van der Waals surface area contributed by atoms with Crippen molar-refractivity contribution in [3.63, 3.8) is 0 Å². The van der Waals surface area contributed by atoms with Gasteiger partial charge in [0.25, 0.3) is 0 Å². The van der Waals surface area contributed by atoms with E-state index in [2.05, 4.69) is 69.1 Å². The molecule has 0 aliphatic carbocycles. The molecule has 34 heavy (non-hydrogen) atoms. The molecule has 170 valence electrons. The van der Waals surface area contributed by atoms with Crippen LogP contribution in [0, 0.1) is 0 Å². The molecule has 0 aliphatic heterocycles. The van der Waals surface area contributed by atoms with Gasteiger partial charge >= 0.3 is 0 Å². The fourth-order valence-corrected chi connectivity index (χ4v) is 4.15. The number of aromatic nitrogens is 5. The quantitative estimate of drug-likeness (QED) is 0.313. The third-order valence-corrected chi connectivity index (χ3v) is 6.19. The average Bonchev–Trinajstić information content (AvgIpc) is 3.36. The number of nitrogens with one attached hydrogen (secondary N) is 1. The normalized spacial score (nSPS) is 11.3. The first-order valence-electron chi connectivity index (χ1n) is 11.0. The number of fused-ring (bicyclic) bond motifs is 1. The number of anilines is 1. The van der Waals surface area contributed by atoms with Crippen molar-refractivity contribution in [3.05, 3.63) is 85.6 Å². The first-order valence-corrected chi connectivity index (χ1v) is 11.8. The lowest BCUT2D eigenvalue weighted by molar-refractivity contribution is 0.373. The van der Waals surface area contributed by atoms with Gasteiger partial charge in [-0.05, 0) is 61.9 Å². The maximum absolute atomic E-state index is 4.87. The lowest BCUT2D eigenvalue weighted by atomic mass is 10.1. The summed E-state index contributed by atoms with van der Waals surface area (Å²) in [5.41, 5.74) is 6.47. The topological polar surface area (TPSA) is 71.8 Å². The highest BCUT2D eigenvalue weighted by atomic mass is 32.2. The fraction of sp³-hybridized carbons (Fsp3) is 0.154. The second-order valence-corrected chi connectivity index (χ2v) is 9.11. The van der Waals surface area contributed by atoms with Gasteiger partial charge in [-0.1, -0.05) is 24.3 Å². The maximum atomic E-state index is 4.87. The first-order chi connectivity index (χ1) is 16.6. The van der Waals surface area contributed by atoms with Crippen LogP contribution in [0.4, 0.5) is 5.69 Å². The predicted molar refractivity (Wildman–Crippen MR) is 138 cm³/mol. The summed E-state index contributed by atoms with van der Waals surface area (Å²) in [6, 6.07) is 18.4. The number of hydrogen-bond donors (Lipinski definition) is 1. The summed E-state index contributed by atoms with van der Waals surface area (Å²) in [5.74, 6) is 0. The number of rotatable bonds is 8. The van der Waals surface area contributed by atoms with E-state index in [4.69, 9.17) is 4.98 Å². The molecule has 0 aliphatic rings. The Balaban J connectivity index is 1.37. The molecule has 0 bridgehead atoms. The first kappa shape index (κ1) is 22.1. The zero-order valence-electron chi connectivity index (χ0n) is 19.1. The van der Waals surface area contributed by atoms with Crippen LogP contribution in [-0.4, -0.2) is 50.3 Å². The lowest BCUT2D eigenvalue weighted by Gasteiger charge is -2.09. The molecule has 0 saturated heterocycles. The summed E-state index contributed by atoms with van der Waals surface area (Å²) >= 11 is 1.56. The molecule has 5 aromatic rings. The zero-order chi connectivity index (χ0) is 23.3. The standard InChI is InChI=1S/C26H25N7S/c1-32(2)10-11-33-18-21(15-29-33)26-17-28-24-9-8-19(13-25(24)30-26)20-12-22(16-27-14-20)31-34-23-6-4-3-5-7-23/h3-9,12-18,31H,10-11H2,1-2H3. The predicted octanol–water partition coefficient (Wildman–Crippen LogP) is 5.24. The Morgan fingerprint density at radius 1 is 0.882 bits per heavy atom. The molecular weight excluding hydrogens is 442 g/mol. The molecular formula is C26H25N7S. The van der Waals surface area contributed by atoms with Crippen molar-refractivity contribution in [2.45, 2.75) is 11.4 Å². The van der Waals surface area contributed by atoms with Gasteiger partial charge in [-0.25, -0.2) is 4.98 Å². The minimum absolute atomic E-state index is 0.813. The molecule has 5 rings (SSSR count). The molecule has 0 amide bonds. The van der Waals surface area contributed by atoms with Crippen LogP contribution in [0.15, 0.2) is 90.5 Å². The minimum atomic E-state index is 0.813. The Kier molecular flexibility index (Phi) is 6.51. The molecule has 0 saturated carbocycles. The summed E-state index contributed by atoms with van der Waals surface area (Å²) in [6.45, 7) is 1.76. The van der Waals surface area contributed by atoms with Gasteiger partial charge in [0.2, 0.25) is 0 Å². The molecule has 3 aromatic heterocycles. The maximum Gasteiger partial charge on any atom is 0.0924 e. The van der Waals surface area contributed by atoms with Gasteiger partial charge in [0, 0.05) is 35.0 Å². The molecule has 3 heterocycles. The van der Waals surface area contributed by atoms with Crippen LogP contribution in [0.3, 0.4) is 0 Å². The van der Waals surface area contributed by atoms with Gasteiger partial charge in [-0.2, -0.15) is 5.10 Å². The number of likely N-dealkylation sites (N-methyl/N-ethyl adjacent to an activating group) is 1. The summed E-state index contributed by atoms with van der Waals surface area (Å²) in [7, 11) is 4.11. The lowest BCUT2D eigenvalue weighted by Crippen LogP contribution is -2.18. The summed E-state index contributed by atoms with van der Waals surface area (Å²) in [5, 5.41) is 4.46. The van der Waals surface area contributed by atoms with E-state index in [1.165, 1.54) is 0 Å². The van der Waals surface area contributed by atoms with Crippen LogP contribution in [-0.2, 0) is 6.54 Å².